The lowest BCUT2D eigenvalue weighted by Gasteiger charge is -2.40. The first-order valence-corrected chi connectivity index (χ1v) is 6.16. The highest BCUT2D eigenvalue weighted by Gasteiger charge is 2.56. The Bertz CT molecular complexity index is 499. The number of hydrogen-bond donors (Lipinski definition) is 0. The Kier molecular flexibility index (Phi) is 2.40. The standard InChI is InChI=1S/C14H15NO3/c1-15-8-7-14(10-5-3-2-4-6-10)11(13(15)17)9-12(16)18-14/h2-6,11H,7-9H2,1H3. The first-order chi connectivity index (χ1) is 8.63. The van der Waals surface area contributed by atoms with Gasteiger partial charge in [-0.3, -0.25) is 9.59 Å². The second-order valence-corrected chi connectivity index (χ2v) is 5.00. The van der Waals surface area contributed by atoms with Gasteiger partial charge in [0.1, 0.15) is 0 Å². The molecule has 1 aromatic rings. The number of carbonyl (C=O) groups excluding carboxylic acids is 2. The zero-order valence-corrected chi connectivity index (χ0v) is 10.3. The van der Waals surface area contributed by atoms with Gasteiger partial charge in [0, 0.05) is 20.0 Å². The van der Waals surface area contributed by atoms with Crippen molar-refractivity contribution in [2.75, 3.05) is 13.6 Å². The number of benzene rings is 1. The largest absolute Gasteiger partial charge is 0.453 e. The van der Waals surface area contributed by atoms with Crippen molar-refractivity contribution >= 4 is 11.9 Å². The average molecular weight is 245 g/mol. The van der Waals surface area contributed by atoms with Crippen LogP contribution in [0.2, 0.25) is 0 Å². The summed E-state index contributed by atoms with van der Waals surface area (Å²) in [6.45, 7) is 0.623. The minimum atomic E-state index is -0.734. The first kappa shape index (κ1) is 11.3. The van der Waals surface area contributed by atoms with E-state index in [4.69, 9.17) is 4.74 Å². The quantitative estimate of drug-likeness (QED) is 0.701. The summed E-state index contributed by atoms with van der Waals surface area (Å²) in [5.74, 6) is -0.630. The van der Waals surface area contributed by atoms with Gasteiger partial charge in [-0.25, -0.2) is 0 Å². The van der Waals surface area contributed by atoms with Gasteiger partial charge < -0.3 is 9.64 Å². The van der Waals surface area contributed by atoms with Gasteiger partial charge in [-0.05, 0) is 5.56 Å². The highest BCUT2D eigenvalue weighted by Crippen LogP contribution is 2.47. The van der Waals surface area contributed by atoms with E-state index in [0.29, 0.717) is 13.0 Å². The summed E-state index contributed by atoms with van der Waals surface area (Å²) in [6, 6.07) is 9.61. The van der Waals surface area contributed by atoms with Gasteiger partial charge in [-0.1, -0.05) is 30.3 Å². The second-order valence-electron chi connectivity index (χ2n) is 5.00. The van der Waals surface area contributed by atoms with E-state index in [1.165, 1.54) is 0 Å². The van der Waals surface area contributed by atoms with E-state index in [2.05, 4.69) is 0 Å². The topological polar surface area (TPSA) is 46.6 Å². The summed E-state index contributed by atoms with van der Waals surface area (Å²) >= 11 is 0. The van der Waals surface area contributed by atoms with E-state index in [1.807, 2.05) is 30.3 Å². The number of fused-ring (bicyclic) bond motifs is 1. The van der Waals surface area contributed by atoms with E-state index in [1.54, 1.807) is 11.9 Å². The van der Waals surface area contributed by atoms with E-state index in [9.17, 15) is 9.59 Å². The van der Waals surface area contributed by atoms with Crippen LogP contribution in [0.15, 0.2) is 30.3 Å². The fraction of sp³-hybridized carbons (Fsp3) is 0.429. The molecule has 0 radical (unpaired) electrons. The molecule has 94 valence electrons. The molecule has 4 nitrogen and oxygen atoms in total. The molecule has 2 unspecified atom stereocenters. The van der Waals surface area contributed by atoms with Crippen molar-refractivity contribution in [1.82, 2.24) is 4.90 Å². The molecule has 0 spiro atoms. The van der Waals surface area contributed by atoms with Crippen LogP contribution in [0.25, 0.3) is 0 Å². The first-order valence-electron chi connectivity index (χ1n) is 6.16. The Morgan fingerprint density at radius 3 is 2.72 bits per heavy atom. The maximum atomic E-state index is 12.2. The summed E-state index contributed by atoms with van der Waals surface area (Å²) in [4.78, 5) is 25.6. The normalized spacial score (nSPS) is 31.2. The molecule has 0 bridgehead atoms. The van der Waals surface area contributed by atoms with Gasteiger partial charge in [-0.15, -0.1) is 0 Å². The molecule has 2 saturated heterocycles. The summed E-state index contributed by atoms with van der Waals surface area (Å²) in [5, 5.41) is 0. The van der Waals surface area contributed by atoms with E-state index in [0.717, 1.165) is 5.56 Å². The van der Waals surface area contributed by atoms with Gasteiger partial charge >= 0.3 is 5.97 Å². The average Bonchev–Trinajstić information content (AvgIpc) is 2.74. The number of likely N-dealkylation sites (tertiary alicyclic amines) is 1. The predicted octanol–water partition coefficient (Wildman–Crippen LogP) is 1.31. The number of esters is 1. The third-order valence-electron chi connectivity index (χ3n) is 3.99. The van der Waals surface area contributed by atoms with Crippen molar-refractivity contribution in [3.8, 4) is 0 Å². The summed E-state index contributed by atoms with van der Waals surface area (Å²) in [6.07, 6.45) is 0.869. The van der Waals surface area contributed by atoms with Crippen molar-refractivity contribution in [2.45, 2.75) is 18.4 Å². The minimum Gasteiger partial charge on any atom is -0.453 e. The third-order valence-corrected chi connectivity index (χ3v) is 3.99. The van der Waals surface area contributed by atoms with Crippen LogP contribution in [-0.2, 0) is 19.9 Å². The molecular formula is C14H15NO3. The number of piperidine rings is 1. The Labute approximate surface area is 106 Å². The second kappa shape index (κ2) is 3.83. The number of hydrogen-bond acceptors (Lipinski definition) is 3. The van der Waals surface area contributed by atoms with Crippen molar-refractivity contribution in [3.63, 3.8) is 0 Å². The van der Waals surface area contributed by atoms with Crippen molar-refractivity contribution in [2.24, 2.45) is 5.92 Å². The Balaban J connectivity index is 2.08. The van der Waals surface area contributed by atoms with Crippen molar-refractivity contribution < 1.29 is 14.3 Å². The van der Waals surface area contributed by atoms with Crippen LogP contribution in [0, 0.1) is 5.92 Å². The fourth-order valence-corrected chi connectivity index (χ4v) is 2.99. The lowest BCUT2D eigenvalue weighted by Crippen LogP contribution is -2.50. The van der Waals surface area contributed by atoms with Crippen LogP contribution < -0.4 is 0 Å². The molecule has 2 heterocycles. The lowest BCUT2D eigenvalue weighted by molar-refractivity contribution is -0.160. The van der Waals surface area contributed by atoms with Crippen LogP contribution in [0.1, 0.15) is 18.4 Å². The van der Waals surface area contributed by atoms with Gasteiger partial charge in [0.15, 0.2) is 5.60 Å². The molecule has 2 aliphatic rings. The molecule has 0 aromatic heterocycles. The molecule has 18 heavy (non-hydrogen) atoms. The smallest absolute Gasteiger partial charge is 0.307 e. The predicted molar refractivity (Wildman–Crippen MR) is 64.6 cm³/mol. The molecule has 3 rings (SSSR count). The number of nitrogens with zero attached hydrogens (tertiary/aromatic N) is 1. The van der Waals surface area contributed by atoms with Crippen LogP contribution in [-0.4, -0.2) is 30.4 Å². The lowest BCUT2D eigenvalue weighted by atomic mass is 9.76. The highest BCUT2D eigenvalue weighted by atomic mass is 16.6. The molecule has 0 N–H and O–H groups in total. The SMILES string of the molecule is CN1CCC2(c3ccccc3)OC(=O)CC2C1=O. The fourth-order valence-electron chi connectivity index (χ4n) is 2.99. The zero-order valence-electron chi connectivity index (χ0n) is 10.3. The van der Waals surface area contributed by atoms with E-state index >= 15 is 0 Å². The van der Waals surface area contributed by atoms with Crippen molar-refractivity contribution in [3.05, 3.63) is 35.9 Å². The number of carbonyl (C=O) groups is 2. The van der Waals surface area contributed by atoms with Crippen LogP contribution >= 0.6 is 0 Å². The summed E-state index contributed by atoms with van der Waals surface area (Å²) in [5.41, 5.74) is 0.198. The maximum absolute atomic E-state index is 12.2. The molecule has 0 aliphatic carbocycles. The van der Waals surface area contributed by atoms with Crippen molar-refractivity contribution in [1.29, 1.82) is 0 Å². The van der Waals surface area contributed by atoms with Crippen LogP contribution in [0.4, 0.5) is 0 Å². The molecule has 2 fully saturated rings. The van der Waals surface area contributed by atoms with E-state index < -0.39 is 5.60 Å². The van der Waals surface area contributed by atoms with Crippen LogP contribution in [0.3, 0.4) is 0 Å². The number of rotatable bonds is 1. The summed E-state index contributed by atoms with van der Waals surface area (Å²) < 4.78 is 5.57. The molecule has 0 saturated carbocycles. The molecule has 2 aliphatic heterocycles. The maximum Gasteiger partial charge on any atom is 0.307 e. The molecule has 1 aromatic carbocycles. The number of amides is 1. The van der Waals surface area contributed by atoms with Gasteiger partial charge in [0.2, 0.25) is 5.91 Å². The Morgan fingerprint density at radius 2 is 2.00 bits per heavy atom. The zero-order chi connectivity index (χ0) is 12.8. The molecular weight excluding hydrogens is 230 g/mol. The van der Waals surface area contributed by atoms with Gasteiger partial charge in [0.25, 0.3) is 0 Å². The van der Waals surface area contributed by atoms with Gasteiger partial charge in [0.05, 0.1) is 12.3 Å². The minimum absolute atomic E-state index is 0.0101. The molecule has 2 atom stereocenters. The Morgan fingerprint density at radius 1 is 1.28 bits per heavy atom. The molecule has 4 heteroatoms. The monoisotopic (exact) mass is 245 g/mol. The summed E-state index contributed by atoms with van der Waals surface area (Å²) in [7, 11) is 1.78. The highest BCUT2D eigenvalue weighted by molar-refractivity contribution is 5.89. The third kappa shape index (κ3) is 1.45. The van der Waals surface area contributed by atoms with Gasteiger partial charge in [-0.2, -0.15) is 0 Å². The molecule has 1 amide bonds. The van der Waals surface area contributed by atoms with Crippen LogP contribution in [0.5, 0.6) is 0 Å². The van der Waals surface area contributed by atoms with E-state index in [-0.39, 0.29) is 24.2 Å². The number of ether oxygens (including phenoxy) is 1. The Hall–Kier alpha value is -1.84.